The highest BCUT2D eigenvalue weighted by Crippen LogP contribution is 2.63. The number of hydrogen-bond acceptors (Lipinski definition) is 3. The molecule has 0 amide bonds. The van der Waals surface area contributed by atoms with Crippen LogP contribution in [0, 0.1) is 0 Å². The van der Waals surface area contributed by atoms with E-state index in [4.69, 9.17) is 9.97 Å². The summed E-state index contributed by atoms with van der Waals surface area (Å²) in [5, 5.41) is 2.50. The van der Waals surface area contributed by atoms with Crippen LogP contribution >= 0.6 is 0 Å². The fourth-order valence-electron chi connectivity index (χ4n) is 10.7. The Morgan fingerprint density at radius 3 is 1.33 bits per heavy atom. The van der Waals surface area contributed by atoms with Gasteiger partial charge in [0.15, 0.2) is 0 Å². The Bertz CT molecular complexity index is 3450. The average molecular weight is 803 g/mol. The average Bonchev–Trinajstić information content (AvgIpc) is 3.97. The molecule has 4 nitrogen and oxygen atoms in total. The molecule has 0 saturated heterocycles. The van der Waals surface area contributed by atoms with Crippen molar-refractivity contribution in [2.24, 2.45) is 0 Å². The van der Waals surface area contributed by atoms with E-state index in [0.717, 1.165) is 45.3 Å². The van der Waals surface area contributed by atoms with Gasteiger partial charge in [0, 0.05) is 57.0 Å². The van der Waals surface area contributed by atoms with Crippen molar-refractivity contribution >= 4 is 38.9 Å². The first kappa shape index (κ1) is 35.4. The fourth-order valence-corrected chi connectivity index (χ4v) is 10.7. The Hall–Kier alpha value is -8.34. The molecule has 0 unspecified atom stereocenters. The summed E-state index contributed by atoms with van der Waals surface area (Å²) >= 11 is 0. The summed E-state index contributed by atoms with van der Waals surface area (Å²) in [6.07, 6.45) is 3.55. The Morgan fingerprint density at radius 1 is 0.349 bits per heavy atom. The number of rotatable bonds is 6. The van der Waals surface area contributed by atoms with E-state index in [1.807, 2.05) is 18.2 Å². The smallest absolute Gasteiger partial charge is 0.0965 e. The lowest BCUT2D eigenvalue weighted by Gasteiger charge is -2.32. The summed E-state index contributed by atoms with van der Waals surface area (Å²) in [7, 11) is 0. The zero-order valence-electron chi connectivity index (χ0n) is 34.2. The van der Waals surface area contributed by atoms with Gasteiger partial charge in [-0.15, -0.1) is 0 Å². The Morgan fingerprint density at radius 2 is 0.778 bits per heavy atom. The Kier molecular flexibility index (Phi) is 7.79. The Labute approximate surface area is 365 Å². The molecule has 0 saturated carbocycles. The van der Waals surface area contributed by atoms with Crippen LogP contribution in [0.4, 0.5) is 17.1 Å². The minimum absolute atomic E-state index is 0.454. The van der Waals surface area contributed by atoms with Gasteiger partial charge >= 0.3 is 0 Å². The van der Waals surface area contributed by atoms with Gasteiger partial charge < -0.3 is 9.47 Å². The molecule has 2 aliphatic rings. The van der Waals surface area contributed by atoms with Gasteiger partial charge in [-0.25, -0.2) is 0 Å². The molecule has 294 valence electrons. The van der Waals surface area contributed by atoms with E-state index < -0.39 is 5.41 Å². The highest BCUT2D eigenvalue weighted by molar-refractivity contribution is 6.09. The maximum absolute atomic E-state index is 4.85. The lowest BCUT2D eigenvalue weighted by atomic mass is 9.70. The molecular formula is C59H38N4. The highest BCUT2D eigenvalue weighted by atomic mass is 15.1. The number of benzene rings is 9. The predicted octanol–water partition coefficient (Wildman–Crippen LogP) is 14.7. The molecule has 0 radical (unpaired) electrons. The first-order valence-corrected chi connectivity index (χ1v) is 21.6. The first-order chi connectivity index (χ1) is 31.3. The Balaban J connectivity index is 1.00. The molecule has 1 spiro atoms. The van der Waals surface area contributed by atoms with Gasteiger partial charge in [0.25, 0.3) is 0 Å². The molecule has 2 aromatic heterocycles. The normalized spacial score (nSPS) is 12.9. The summed E-state index contributed by atoms with van der Waals surface area (Å²) in [6.45, 7) is 0. The van der Waals surface area contributed by atoms with E-state index in [0.29, 0.717) is 0 Å². The second-order valence-corrected chi connectivity index (χ2v) is 16.5. The number of anilines is 3. The molecule has 4 heteroatoms. The molecule has 0 bridgehead atoms. The molecule has 0 fully saturated rings. The molecule has 0 atom stereocenters. The fraction of sp³-hybridized carbons (Fsp3) is 0.0169. The van der Waals surface area contributed by atoms with Crippen LogP contribution in [0.25, 0.3) is 72.3 Å². The van der Waals surface area contributed by atoms with Gasteiger partial charge in [-0.2, -0.15) is 0 Å². The number of para-hydroxylation sites is 2. The van der Waals surface area contributed by atoms with E-state index in [9.17, 15) is 0 Å². The lowest BCUT2D eigenvalue weighted by molar-refractivity contribution is 0.793. The number of hydrogen-bond donors (Lipinski definition) is 0. The molecule has 11 aromatic rings. The number of aromatic nitrogens is 3. The largest absolute Gasteiger partial charge is 0.310 e. The molecule has 9 aromatic carbocycles. The third-order valence-electron chi connectivity index (χ3n) is 13.3. The van der Waals surface area contributed by atoms with Crippen LogP contribution in [-0.4, -0.2) is 14.5 Å². The summed E-state index contributed by atoms with van der Waals surface area (Å²) in [6, 6.07) is 79.6. The van der Waals surface area contributed by atoms with Crippen molar-refractivity contribution in [3.63, 3.8) is 0 Å². The second-order valence-electron chi connectivity index (χ2n) is 16.5. The van der Waals surface area contributed by atoms with Gasteiger partial charge in [0.05, 0.1) is 27.8 Å². The zero-order valence-corrected chi connectivity index (χ0v) is 34.2. The van der Waals surface area contributed by atoms with Crippen LogP contribution in [-0.2, 0) is 5.41 Å². The maximum Gasteiger partial charge on any atom is 0.0965 e. The molecule has 0 aliphatic heterocycles. The maximum atomic E-state index is 4.85. The van der Waals surface area contributed by atoms with Crippen molar-refractivity contribution in [3.8, 4) is 50.5 Å². The van der Waals surface area contributed by atoms with E-state index >= 15 is 0 Å². The van der Waals surface area contributed by atoms with Crippen molar-refractivity contribution < 1.29 is 0 Å². The van der Waals surface area contributed by atoms with Crippen molar-refractivity contribution in [3.05, 3.63) is 253 Å². The number of nitrogens with zero attached hydrogens (tertiary/aromatic N) is 4. The monoisotopic (exact) mass is 802 g/mol. The molecule has 63 heavy (non-hydrogen) atoms. The SMILES string of the molecule is c1ccc(-c2nccnc2-c2ccc(N(c3ccc(-n4c5ccccc5c5ccccc54)cc3)c3ccc4c(c3)C3(c5ccccc5-c5ccccc53)c3ccccc3-4)cc2)cc1. The van der Waals surface area contributed by atoms with E-state index in [1.54, 1.807) is 12.4 Å². The predicted molar refractivity (Wildman–Crippen MR) is 258 cm³/mol. The van der Waals surface area contributed by atoms with Gasteiger partial charge in [0.1, 0.15) is 0 Å². The van der Waals surface area contributed by atoms with Gasteiger partial charge in [-0.3, -0.25) is 9.97 Å². The standard InChI is InChI=1S/C59H38N4/c1-2-14-39(15-3-1)57-58(61-37-36-60-57)40-26-28-41(29-27-40)62(42-30-32-43(33-31-42)63-55-24-12-7-19-49(55)50-20-8-13-25-56(50)63)44-34-35-48-47-18-6-11-23-53(47)59(54(48)38-44)51-21-9-4-16-45(51)46-17-5-10-22-52(46)59/h1-38H. The number of fused-ring (bicyclic) bond motifs is 13. The van der Waals surface area contributed by atoms with Crippen LogP contribution < -0.4 is 4.90 Å². The van der Waals surface area contributed by atoms with Crippen molar-refractivity contribution in [2.45, 2.75) is 5.41 Å². The molecule has 2 aliphatic carbocycles. The molecule has 2 heterocycles. The van der Waals surface area contributed by atoms with Crippen molar-refractivity contribution in [2.75, 3.05) is 4.90 Å². The quantitative estimate of drug-likeness (QED) is 0.168. The molecule has 13 rings (SSSR count). The van der Waals surface area contributed by atoms with E-state index in [1.165, 1.54) is 66.3 Å². The lowest BCUT2D eigenvalue weighted by Crippen LogP contribution is -2.26. The first-order valence-electron chi connectivity index (χ1n) is 21.6. The highest BCUT2D eigenvalue weighted by Gasteiger charge is 2.51. The topological polar surface area (TPSA) is 34.0 Å². The third-order valence-corrected chi connectivity index (χ3v) is 13.3. The minimum Gasteiger partial charge on any atom is -0.310 e. The second kappa shape index (κ2) is 13.8. The summed E-state index contributed by atoms with van der Waals surface area (Å²) < 4.78 is 2.38. The van der Waals surface area contributed by atoms with E-state index in [-0.39, 0.29) is 0 Å². The van der Waals surface area contributed by atoms with E-state index in [2.05, 4.69) is 210 Å². The summed E-state index contributed by atoms with van der Waals surface area (Å²) in [5.41, 5.74) is 20.5. The van der Waals surface area contributed by atoms with Gasteiger partial charge in [-0.1, -0.05) is 158 Å². The zero-order chi connectivity index (χ0) is 41.5. The van der Waals surface area contributed by atoms with Crippen molar-refractivity contribution in [1.82, 2.24) is 14.5 Å². The van der Waals surface area contributed by atoms with Crippen molar-refractivity contribution in [1.29, 1.82) is 0 Å². The molecular weight excluding hydrogens is 765 g/mol. The van der Waals surface area contributed by atoms with Crippen LogP contribution in [0.5, 0.6) is 0 Å². The molecule has 0 N–H and O–H groups in total. The third kappa shape index (κ3) is 5.16. The minimum atomic E-state index is -0.454. The van der Waals surface area contributed by atoms with Crippen LogP contribution in [0.3, 0.4) is 0 Å². The van der Waals surface area contributed by atoms with Crippen LogP contribution in [0.2, 0.25) is 0 Å². The van der Waals surface area contributed by atoms with Gasteiger partial charge in [0.2, 0.25) is 0 Å². The summed E-state index contributed by atoms with van der Waals surface area (Å²) in [4.78, 5) is 12.0. The van der Waals surface area contributed by atoms with Crippen LogP contribution in [0.15, 0.2) is 231 Å². The van der Waals surface area contributed by atoms with Crippen LogP contribution in [0.1, 0.15) is 22.3 Å². The van der Waals surface area contributed by atoms with Gasteiger partial charge in [-0.05, 0) is 105 Å². The summed E-state index contributed by atoms with van der Waals surface area (Å²) in [5.74, 6) is 0.